The van der Waals surface area contributed by atoms with Gasteiger partial charge in [0, 0.05) is 25.9 Å². The molecular formula is C16H19NO5. The van der Waals surface area contributed by atoms with Gasteiger partial charge >= 0.3 is 6.09 Å². The van der Waals surface area contributed by atoms with Crippen LogP contribution in [0.15, 0.2) is 18.2 Å². The molecule has 1 fully saturated rings. The smallest absolute Gasteiger partial charge is 0.409 e. The quantitative estimate of drug-likeness (QED) is 0.857. The molecule has 0 saturated carbocycles. The predicted octanol–water partition coefficient (Wildman–Crippen LogP) is 2.26. The number of fused-ring (bicyclic) bond motifs is 1. The van der Waals surface area contributed by atoms with Crippen LogP contribution in [0.2, 0.25) is 0 Å². The minimum absolute atomic E-state index is 0.00873. The lowest BCUT2D eigenvalue weighted by Gasteiger charge is -2.31. The van der Waals surface area contributed by atoms with Crippen LogP contribution in [-0.4, -0.2) is 49.2 Å². The van der Waals surface area contributed by atoms with Crippen LogP contribution in [0.5, 0.6) is 11.5 Å². The van der Waals surface area contributed by atoms with Crippen LogP contribution in [0, 0.1) is 0 Å². The maximum Gasteiger partial charge on any atom is 0.409 e. The zero-order valence-electron chi connectivity index (χ0n) is 12.5. The Bertz CT molecular complexity index is 578. The molecule has 0 atom stereocenters. The monoisotopic (exact) mass is 305 g/mol. The molecule has 0 unspecified atom stereocenters. The van der Waals surface area contributed by atoms with E-state index in [1.807, 2.05) is 6.07 Å². The fraction of sp³-hybridized carbons (Fsp3) is 0.500. The Balaban J connectivity index is 1.61. The summed E-state index contributed by atoms with van der Waals surface area (Å²) in [7, 11) is 0. The third-order valence-corrected chi connectivity index (χ3v) is 3.89. The van der Waals surface area contributed by atoms with Crippen molar-refractivity contribution in [3.63, 3.8) is 0 Å². The number of rotatable bonds is 3. The van der Waals surface area contributed by atoms with E-state index in [1.54, 1.807) is 24.0 Å². The number of benzene rings is 1. The predicted molar refractivity (Wildman–Crippen MR) is 78.5 cm³/mol. The Hall–Kier alpha value is -2.24. The standard InChI is InChI=1S/C16H19NO5/c1-2-20-16(19)17-8-6-11(7-9-17)22-14-5-3-4-13-15(14)12(18)10-21-13/h3-5,11H,2,6-10H2,1H3. The van der Waals surface area contributed by atoms with Gasteiger partial charge in [-0.05, 0) is 19.1 Å². The van der Waals surface area contributed by atoms with E-state index in [1.165, 1.54) is 0 Å². The first kappa shape index (κ1) is 14.7. The summed E-state index contributed by atoms with van der Waals surface area (Å²) >= 11 is 0. The van der Waals surface area contributed by atoms with Crippen LogP contribution in [0.25, 0.3) is 0 Å². The molecule has 2 aliphatic rings. The Kier molecular flexibility index (Phi) is 4.18. The molecule has 1 aromatic rings. The molecule has 118 valence electrons. The Morgan fingerprint density at radius 3 is 2.86 bits per heavy atom. The second kappa shape index (κ2) is 6.25. The number of hydrogen-bond donors (Lipinski definition) is 0. The first-order valence-corrected chi connectivity index (χ1v) is 7.56. The van der Waals surface area contributed by atoms with Crippen molar-refractivity contribution in [3.05, 3.63) is 23.8 Å². The van der Waals surface area contributed by atoms with E-state index in [0.29, 0.717) is 36.8 Å². The third kappa shape index (κ3) is 2.86. The molecule has 0 bridgehead atoms. The molecule has 6 nitrogen and oxygen atoms in total. The van der Waals surface area contributed by atoms with Crippen molar-refractivity contribution in [3.8, 4) is 11.5 Å². The molecule has 22 heavy (non-hydrogen) atoms. The van der Waals surface area contributed by atoms with Gasteiger partial charge in [-0.2, -0.15) is 0 Å². The largest absolute Gasteiger partial charge is 0.489 e. The van der Waals surface area contributed by atoms with E-state index >= 15 is 0 Å². The first-order chi connectivity index (χ1) is 10.7. The van der Waals surface area contributed by atoms with Crippen LogP contribution in [-0.2, 0) is 4.74 Å². The van der Waals surface area contributed by atoms with Crippen molar-refractivity contribution >= 4 is 11.9 Å². The Morgan fingerprint density at radius 2 is 2.14 bits per heavy atom. The molecule has 1 saturated heterocycles. The highest BCUT2D eigenvalue weighted by Gasteiger charge is 2.29. The van der Waals surface area contributed by atoms with E-state index in [0.717, 1.165) is 12.8 Å². The van der Waals surface area contributed by atoms with Gasteiger partial charge in [0.05, 0.1) is 6.61 Å². The summed E-state index contributed by atoms with van der Waals surface area (Å²) in [6.45, 7) is 3.46. The highest BCUT2D eigenvalue weighted by molar-refractivity contribution is 6.04. The SMILES string of the molecule is CCOC(=O)N1CCC(Oc2cccc3c2C(=O)CO3)CC1. The lowest BCUT2D eigenvalue weighted by Crippen LogP contribution is -2.42. The summed E-state index contributed by atoms with van der Waals surface area (Å²) in [5, 5.41) is 0. The lowest BCUT2D eigenvalue weighted by molar-refractivity contribution is 0.0699. The summed E-state index contributed by atoms with van der Waals surface area (Å²) in [5.74, 6) is 1.12. The zero-order valence-corrected chi connectivity index (χ0v) is 12.5. The number of likely N-dealkylation sites (tertiary alicyclic amines) is 1. The van der Waals surface area contributed by atoms with E-state index in [2.05, 4.69) is 0 Å². The van der Waals surface area contributed by atoms with Gasteiger partial charge in [0.2, 0.25) is 5.78 Å². The molecule has 0 aliphatic carbocycles. The van der Waals surface area contributed by atoms with Gasteiger partial charge in [-0.1, -0.05) is 6.07 Å². The normalized spacial score (nSPS) is 17.9. The molecule has 0 aromatic heterocycles. The maximum atomic E-state index is 11.9. The fourth-order valence-electron chi connectivity index (χ4n) is 2.77. The van der Waals surface area contributed by atoms with Gasteiger partial charge in [-0.25, -0.2) is 4.79 Å². The molecule has 3 rings (SSSR count). The van der Waals surface area contributed by atoms with Crippen molar-refractivity contribution in [1.82, 2.24) is 4.90 Å². The van der Waals surface area contributed by atoms with E-state index < -0.39 is 0 Å². The Labute approximate surface area is 128 Å². The number of piperidine rings is 1. The third-order valence-electron chi connectivity index (χ3n) is 3.89. The number of carbonyl (C=O) groups is 2. The average molecular weight is 305 g/mol. The van der Waals surface area contributed by atoms with Gasteiger partial charge in [-0.3, -0.25) is 4.79 Å². The van der Waals surface area contributed by atoms with Crippen LogP contribution in [0.4, 0.5) is 4.79 Å². The van der Waals surface area contributed by atoms with Gasteiger partial charge in [0.25, 0.3) is 0 Å². The number of ether oxygens (including phenoxy) is 3. The van der Waals surface area contributed by atoms with E-state index in [9.17, 15) is 9.59 Å². The highest BCUT2D eigenvalue weighted by atomic mass is 16.6. The molecule has 6 heteroatoms. The number of nitrogens with zero attached hydrogens (tertiary/aromatic N) is 1. The molecule has 1 amide bonds. The average Bonchev–Trinajstić information content (AvgIpc) is 2.91. The number of hydrogen-bond acceptors (Lipinski definition) is 5. The van der Waals surface area contributed by atoms with Crippen molar-refractivity contribution in [2.75, 3.05) is 26.3 Å². The minimum atomic E-state index is -0.273. The lowest BCUT2D eigenvalue weighted by atomic mass is 10.1. The summed E-state index contributed by atoms with van der Waals surface area (Å²) in [4.78, 5) is 25.2. The summed E-state index contributed by atoms with van der Waals surface area (Å²) in [6, 6.07) is 5.39. The molecule has 0 spiro atoms. The number of ketones is 1. The van der Waals surface area contributed by atoms with Crippen molar-refractivity contribution < 1.29 is 23.8 Å². The summed E-state index contributed by atoms with van der Waals surface area (Å²) in [6.07, 6.45) is 1.16. The number of amides is 1. The second-order valence-electron chi connectivity index (χ2n) is 5.34. The summed E-state index contributed by atoms with van der Waals surface area (Å²) < 4.78 is 16.3. The second-order valence-corrected chi connectivity index (χ2v) is 5.34. The van der Waals surface area contributed by atoms with Crippen LogP contribution in [0.1, 0.15) is 30.1 Å². The van der Waals surface area contributed by atoms with E-state index in [4.69, 9.17) is 14.2 Å². The van der Waals surface area contributed by atoms with Gasteiger partial charge in [-0.15, -0.1) is 0 Å². The van der Waals surface area contributed by atoms with Crippen molar-refractivity contribution in [1.29, 1.82) is 0 Å². The molecule has 2 aliphatic heterocycles. The van der Waals surface area contributed by atoms with E-state index in [-0.39, 0.29) is 24.6 Å². The van der Waals surface area contributed by atoms with Crippen molar-refractivity contribution in [2.24, 2.45) is 0 Å². The van der Waals surface area contributed by atoms with Crippen LogP contribution < -0.4 is 9.47 Å². The molecule has 0 radical (unpaired) electrons. The molecule has 2 heterocycles. The molecular weight excluding hydrogens is 286 g/mol. The van der Waals surface area contributed by atoms with Crippen molar-refractivity contribution in [2.45, 2.75) is 25.9 Å². The highest BCUT2D eigenvalue weighted by Crippen LogP contribution is 2.34. The number of Topliss-reactive ketones (excluding diaryl/α,β-unsaturated/α-hetero) is 1. The molecule has 0 N–H and O–H groups in total. The fourth-order valence-corrected chi connectivity index (χ4v) is 2.77. The Morgan fingerprint density at radius 1 is 1.36 bits per heavy atom. The zero-order chi connectivity index (χ0) is 15.5. The maximum absolute atomic E-state index is 11.9. The van der Waals surface area contributed by atoms with Crippen LogP contribution >= 0.6 is 0 Å². The van der Waals surface area contributed by atoms with Gasteiger partial charge < -0.3 is 19.1 Å². The topological polar surface area (TPSA) is 65.1 Å². The number of carbonyl (C=O) groups excluding carboxylic acids is 2. The van der Waals surface area contributed by atoms with Gasteiger partial charge in [0.15, 0.2) is 6.61 Å². The van der Waals surface area contributed by atoms with Crippen LogP contribution in [0.3, 0.4) is 0 Å². The summed E-state index contributed by atoms with van der Waals surface area (Å²) in [5.41, 5.74) is 0.537. The minimum Gasteiger partial charge on any atom is -0.489 e. The molecule has 1 aromatic carbocycles. The first-order valence-electron chi connectivity index (χ1n) is 7.56. The van der Waals surface area contributed by atoms with Gasteiger partial charge in [0.1, 0.15) is 23.2 Å².